The molecule has 0 atom stereocenters. The van der Waals surface area contributed by atoms with Crippen LogP contribution in [0.15, 0.2) is 36.4 Å². The molecule has 1 aliphatic heterocycles. The lowest BCUT2D eigenvalue weighted by atomic mass is 9.90. The predicted molar refractivity (Wildman–Crippen MR) is 113 cm³/mol. The van der Waals surface area contributed by atoms with Crippen molar-refractivity contribution in [1.82, 2.24) is 3.96 Å². The van der Waals surface area contributed by atoms with Crippen molar-refractivity contribution in [3.8, 4) is 22.6 Å². The fourth-order valence-corrected chi connectivity index (χ4v) is 5.10. The Morgan fingerprint density at radius 1 is 1.19 bits per heavy atom. The van der Waals surface area contributed by atoms with Crippen molar-refractivity contribution in [1.29, 1.82) is 0 Å². The molecule has 4 rings (SSSR count). The van der Waals surface area contributed by atoms with Crippen LogP contribution in [0.1, 0.15) is 24.3 Å². The second kappa shape index (κ2) is 6.12. The van der Waals surface area contributed by atoms with Gasteiger partial charge in [-0.25, -0.2) is 0 Å². The van der Waals surface area contributed by atoms with Gasteiger partial charge in [-0.05, 0) is 56.7 Å². The highest BCUT2D eigenvalue weighted by Crippen LogP contribution is 2.48. The molecule has 0 unspecified atom stereocenters. The van der Waals surface area contributed by atoms with E-state index in [0.29, 0.717) is 0 Å². The number of nitrogens with one attached hydrogen (secondary N) is 1. The van der Waals surface area contributed by atoms with Crippen LogP contribution in [0.3, 0.4) is 0 Å². The minimum absolute atomic E-state index is 0.213. The zero-order chi connectivity index (χ0) is 18.6. The number of nitrogens with zero attached hydrogens (tertiary/aromatic N) is 1. The summed E-state index contributed by atoms with van der Waals surface area (Å²) in [4.78, 5) is 1.21. The van der Waals surface area contributed by atoms with Gasteiger partial charge in [-0.3, -0.25) is 3.96 Å². The van der Waals surface area contributed by atoms with Gasteiger partial charge < -0.3 is 10.1 Å². The molecule has 1 aliphatic rings. The lowest BCUT2D eigenvalue weighted by Crippen LogP contribution is -2.30. The molecule has 0 fully saturated rings. The molecular weight excluding hydrogens is 384 g/mol. The van der Waals surface area contributed by atoms with Crippen LogP contribution < -0.4 is 10.1 Å². The average molecular weight is 403 g/mol. The lowest BCUT2D eigenvalue weighted by Gasteiger charge is -2.33. The molecule has 0 spiro atoms. The van der Waals surface area contributed by atoms with Crippen LogP contribution in [0.4, 0.5) is 5.69 Å². The van der Waals surface area contributed by atoms with Gasteiger partial charge in [0.25, 0.3) is 0 Å². The summed E-state index contributed by atoms with van der Waals surface area (Å²) < 4.78 is 8.31. The number of hydrogen-bond donors (Lipinski definition) is 1. The smallest absolute Gasteiger partial charge is 0.129 e. The Kier molecular flexibility index (Phi) is 4.14. The fraction of sp³-hybridized carbons (Fsp3) is 0.250. The number of hydrogen-bond acceptors (Lipinski definition) is 4. The third kappa shape index (κ3) is 2.66. The summed E-state index contributed by atoms with van der Waals surface area (Å²) in [7, 11) is 1.68. The number of ether oxygens (including phenoxy) is 1. The Morgan fingerprint density at radius 3 is 2.65 bits per heavy atom. The zero-order valence-electron chi connectivity index (χ0n) is 15.0. The third-order valence-corrected chi connectivity index (χ3v) is 7.09. The molecule has 0 amide bonds. The predicted octanol–water partition coefficient (Wildman–Crippen LogP) is 6.57. The lowest BCUT2D eigenvalue weighted by molar-refractivity contribution is 0.415. The van der Waals surface area contributed by atoms with E-state index in [1.54, 1.807) is 18.6 Å². The first-order chi connectivity index (χ1) is 12.3. The second-order valence-electron chi connectivity index (χ2n) is 6.99. The molecule has 0 saturated heterocycles. The van der Waals surface area contributed by atoms with Gasteiger partial charge in [0.05, 0.1) is 23.2 Å². The molecule has 3 nitrogen and oxygen atoms in total. The van der Waals surface area contributed by atoms with Crippen molar-refractivity contribution in [3.05, 3.63) is 56.5 Å². The summed E-state index contributed by atoms with van der Waals surface area (Å²) in [6, 6.07) is 12.1. The van der Waals surface area contributed by atoms with E-state index >= 15 is 0 Å². The maximum Gasteiger partial charge on any atom is 0.129 e. The first kappa shape index (κ1) is 17.6. The number of aromatic nitrogens is 1. The first-order valence-corrected chi connectivity index (χ1v) is 9.88. The van der Waals surface area contributed by atoms with Gasteiger partial charge in [0, 0.05) is 21.8 Å². The summed E-state index contributed by atoms with van der Waals surface area (Å²) in [5, 5.41) is 4.37. The van der Waals surface area contributed by atoms with Crippen LogP contribution in [0.2, 0.25) is 5.02 Å². The standard InChI is InChI=1S/C20H19ClN2OS2/c1-11-5-6-12(9-15(11)21)23-19(25)17-14-10-13(24-4)7-8-16(14)22-20(2,3)18(17)26-23/h5-10,22H,1-4H3. The SMILES string of the molecule is COc1ccc2c(c1)-c1c(sn(-c3ccc(C)c(Cl)c3)c1=S)C(C)(C)N2. The van der Waals surface area contributed by atoms with E-state index < -0.39 is 0 Å². The van der Waals surface area contributed by atoms with Crippen molar-refractivity contribution >= 4 is 41.0 Å². The highest BCUT2D eigenvalue weighted by atomic mass is 35.5. The molecule has 0 saturated carbocycles. The van der Waals surface area contributed by atoms with Crippen molar-refractivity contribution in [3.63, 3.8) is 0 Å². The second-order valence-corrected chi connectivity index (χ2v) is 8.74. The molecule has 0 aliphatic carbocycles. The van der Waals surface area contributed by atoms with E-state index in [1.807, 2.05) is 31.2 Å². The maximum absolute atomic E-state index is 6.35. The van der Waals surface area contributed by atoms with Gasteiger partial charge in [0.2, 0.25) is 0 Å². The molecule has 1 N–H and O–H groups in total. The topological polar surface area (TPSA) is 26.2 Å². The van der Waals surface area contributed by atoms with E-state index in [0.717, 1.165) is 43.5 Å². The molecular formula is C20H19ClN2OS2. The van der Waals surface area contributed by atoms with Crippen LogP contribution in [0, 0.1) is 11.6 Å². The highest BCUT2D eigenvalue weighted by Gasteiger charge is 2.34. The largest absolute Gasteiger partial charge is 0.497 e. The van der Waals surface area contributed by atoms with Crippen LogP contribution in [0.5, 0.6) is 5.75 Å². The maximum atomic E-state index is 6.35. The van der Waals surface area contributed by atoms with Gasteiger partial charge in [-0.1, -0.05) is 41.4 Å². The number of benzene rings is 2. The Balaban J connectivity index is 2.00. The third-order valence-electron chi connectivity index (χ3n) is 4.71. The minimum Gasteiger partial charge on any atom is -0.497 e. The number of methoxy groups -OCH3 is 1. The minimum atomic E-state index is -0.213. The average Bonchev–Trinajstić information content (AvgIpc) is 2.96. The van der Waals surface area contributed by atoms with Crippen molar-refractivity contribution in [2.75, 3.05) is 12.4 Å². The van der Waals surface area contributed by atoms with E-state index in [9.17, 15) is 0 Å². The molecule has 1 aromatic heterocycles. The van der Waals surface area contributed by atoms with Crippen molar-refractivity contribution in [2.24, 2.45) is 0 Å². The van der Waals surface area contributed by atoms with E-state index in [2.05, 4.69) is 35.3 Å². The van der Waals surface area contributed by atoms with Crippen LogP contribution >= 0.6 is 35.4 Å². The molecule has 2 aromatic carbocycles. The summed E-state index contributed by atoms with van der Waals surface area (Å²) in [6.45, 7) is 6.36. The van der Waals surface area contributed by atoms with Crippen molar-refractivity contribution in [2.45, 2.75) is 26.3 Å². The Bertz CT molecular complexity index is 1080. The monoisotopic (exact) mass is 402 g/mol. The molecule has 3 aromatic rings. The Morgan fingerprint density at radius 2 is 1.96 bits per heavy atom. The Hall–Kier alpha value is -1.82. The summed E-state index contributed by atoms with van der Waals surface area (Å²) >= 11 is 13.9. The first-order valence-electron chi connectivity index (χ1n) is 8.32. The van der Waals surface area contributed by atoms with Gasteiger partial charge in [0.1, 0.15) is 10.4 Å². The molecule has 2 heterocycles. The molecule has 134 valence electrons. The molecule has 0 bridgehead atoms. The highest BCUT2D eigenvalue weighted by molar-refractivity contribution is 7.71. The summed E-state index contributed by atoms with van der Waals surface area (Å²) in [6.07, 6.45) is 0. The number of rotatable bonds is 2. The molecule has 26 heavy (non-hydrogen) atoms. The van der Waals surface area contributed by atoms with Crippen molar-refractivity contribution < 1.29 is 4.74 Å². The van der Waals surface area contributed by atoms with E-state index in [1.165, 1.54) is 4.88 Å². The van der Waals surface area contributed by atoms with Gasteiger partial charge in [-0.2, -0.15) is 0 Å². The summed E-state index contributed by atoms with van der Waals surface area (Å²) in [5.41, 5.74) is 5.08. The number of aryl methyl sites for hydroxylation is 1. The van der Waals surface area contributed by atoms with Gasteiger partial charge in [-0.15, -0.1) is 0 Å². The quantitative estimate of drug-likeness (QED) is 0.491. The molecule has 0 radical (unpaired) electrons. The van der Waals surface area contributed by atoms with Gasteiger partial charge in [0.15, 0.2) is 0 Å². The van der Waals surface area contributed by atoms with Crippen LogP contribution in [0.25, 0.3) is 16.8 Å². The summed E-state index contributed by atoms with van der Waals surface area (Å²) in [5.74, 6) is 0.821. The van der Waals surface area contributed by atoms with Crippen LogP contribution in [-0.4, -0.2) is 11.1 Å². The fourth-order valence-electron chi connectivity index (χ4n) is 3.28. The van der Waals surface area contributed by atoms with Gasteiger partial charge >= 0.3 is 0 Å². The Labute approximate surface area is 167 Å². The normalized spacial score (nSPS) is 14.3. The zero-order valence-corrected chi connectivity index (χ0v) is 17.4. The number of halogens is 1. The molecule has 6 heteroatoms. The van der Waals surface area contributed by atoms with E-state index in [4.69, 9.17) is 28.6 Å². The number of anilines is 1. The van der Waals surface area contributed by atoms with Crippen LogP contribution in [-0.2, 0) is 5.54 Å². The number of fused-ring (bicyclic) bond motifs is 3. The van der Waals surface area contributed by atoms with E-state index in [-0.39, 0.29) is 5.54 Å².